The molecule has 1 aromatic carbocycles. The number of furan rings is 1. The Morgan fingerprint density at radius 1 is 1.28 bits per heavy atom. The minimum atomic E-state index is -0.440. The molecule has 0 saturated carbocycles. The van der Waals surface area contributed by atoms with Crippen molar-refractivity contribution < 1.29 is 14.1 Å². The summed E-state index contributed by atoms with van der Waals surface area (Å²) in [6.45, 7) is 7.61. The van der Waals surface area contributed by atoms with E-state index >= 15 is 0 Å². The zero-order chi connectivity index (χ0) is 22.8. The molecule has 0 spiro atoms. The Morgan fingerprint density at radius 3 is 2.78 bits per heavy atom. The van der Waals surface area contributed by atoms with E-state index in [2.05, 4.69) is 21.8 Å². The smallest absolute Gasteiger partial charge is 0.280 e. The van der Waals surface area contributed by atoms with Crippen molar-refractivity contribution in [3.63, 3.8) is 0 Å². The summed E-state index contributed by atoms with van der Waals surface area (Å²) in [4.78, 5) is 30.2. The van der Waals surface area contributed by atoms with Gasteiger partial charge in [-0.2, -0.15) is 4.99 Å². The van der Waals surface area contributed by atoms with Crippen molar-refractivity contribution in [2.45, 2.75) is 13.8 Å². The number of amides is 1. The van der Waals surface area contributed by atoms with E-state index in [1.807, 2.05) is 6.92 Å². The summed E-state index contributed by atoms with van der Waals surface area (Å²) in [6.07, 6.45) is 3.21. The highest BCUT2D eigenvalue weighted by Crippen LogP contribution is 2.36. The van der Waals surface area contributed by atoms with Crippen molar-refractivity contribution >= 4 is 51.1 Å². The molecule has 1 aliphatic rings. The Morgan fingerprint density at radius 2 is 2.09 bits per heavy atom. The van der Waals surface area contributed by atoms with E-state index in [0.717, 1.165) is 10.6 Å². The molecule has 32 heavy (non-hydrogen) atoms. The number of thioether (sulfide) groups is 1. The van der Waals surface area contributed by atoms with E-state index in [9.17, 15) is 14.9 Å². The molecule has 0 radical (unpaired) electrons. The molecule has 0 N–H and O–H groups in total. The van der Waals surface area contributed by atoms with Gasteiger partial charge in [-0.3, -0.25) is 19.8 Å². The van der Waals surface area contributed by atoms with Gasteiger partial charge in [0.2, 0.25) is 5.13 Å². The first-order valence-electron chi connectivity index (χ1n) is 9.42. The Hall–Kier alpha value is -3.57. The Balaban J connectivity index is 1.66. The van der Waals surface area contributed by atoms with Crippen LogP contribution < -0.4 is 0 Å². The molecule has 0 aliphatic carbocycles. The second-order valence-corrected chi connectivity index (χ2v) is 8.96. The first-order valence-corrected chi connectivity index (χ1v) is 11.1. The third-order valence-corrected chi connectivity index (χ3v) is 6.16. The number of carbonyl (C=O) groups excluding carboxylic acids is 1. The molecule has 0 atom stereocenters. The molecule has 4 rings (SSSR count). The number of amidine groups is 1. The van der Waals surface area contributed by atoms with Crippen LogP contribution in [0.2, 0.25) is 0 Å². The third-order valence-electron chi connectivity index (χ3n) is 4.42. The lowest BCUT2D eigenvalue weighted by Crippen LogP contribution is -2.29. The minimum Gasteiger partial charge on any atom is -0.456 e. The van der Waals surface area contributed by atoms with Crippen molar-refractivity contribution in [1.82, 2.24) is 15.1 Å². The van der Waals surface area contributed by atoms with Gasteiger partial charge in [-0.15, -0.1) is 16.8 Å². The van der Waals surface area contributed by atoms with Crippen LogP contribution in [0.1, 0.15) is 16.3 Å². The Labute approximate surface area is 191 Å². The Kier molecular flexibility index (Phi) is 6.01. The number of benzene rings is 1. The largest absolute Gasteiger partial charge is 0.456 e. The molecule has 2 aromatic heterocycles. The summed E-state index contributed by atoms with van der Waals surface area (Å²) < 4.78 is 5.82. The van der Waals surface area contributed by atoms with Gasteiger partial charge in [0.25, 0.3) is 11.6 Å². The van der Waals surface area contributed by atoms with E-state index in [1.165, 1.54) is 34.1 Å². The van der Waals surface area contributed by atoms with Crippen LogP contribution in [-0.4, -0.2) is 37.6 Å². The van der Waals surface area contributed by atoms with Crippen LogP contribution in [0, 0.1) is 24.0 Å². The van der Waals surface area contributed by atoms with E-state index < -0.39 is 4.92 Å². The van der Waals surface area contributed by atoms with Crippen LogP contribution in [0.25, 0.3) is 17.4 Å². The number of rotatable bonds is 6. The maximum atomic E-state index is 12.9. The maximum Gasteiger partial charge on any atom is 0.280 e. The van der Waals surface area contributed by atoms with Crippen molar-refractivity contribution in [2.75, 3.05) is 6.54 Å². The lowest BCUT2D eigenvalue weighted by atomic mass is 10.1. The second kappa shape index (κ2) is 8.89. The standard InChI is InChI=1S/C21H17N5O4S2/c1-4-9-25-19(27)18(32-21(25)22-20-24-23-13(3)31-20)11-14-6-8-17(30-14)15-7-5-12(2)10-16(15)26(28)29/h4-8,10-11H,1,9H2,2-3H3/b18-11+,22-21+. The van der Waals surface area contributed by atoms with E-state index in [0.29, 0.717) is 38.8 Å². The van der Waals surface area contributed by atoms with Gasteiger partial charge in [0.1, 0.15) is 16.5 Å². The zero-order valence-electron chi connectivity index (χ0n) is 17.1. The number of aliphatic imine (C=N–C) groups is 1. The topological polar surface area (TPSA) is 115 Å². The van der Waals surface area contributed by atoms with E-state index in [1.54, 1.807) is 43.3 Å². The van der Waals surface area contributed by atoms with E-state index in [4.69, 9.17) is 4.42 Å². The normalized spacial score (nSPS) is 16.3. The fourth-order valence-electron chi connectivity index (χ4n) is 3.00. The summed E-state index contributed by atoms with van der Waals surface area (Å²) in [7, 11) is 0. The number of nitrogens with zero attached hydrogens (tertiary/aromatic N) is 5. The van der Waals surface area contributed by atoms with Crippen LogP contribution >= 0.6 is 23.1 Å². The van der Waals surface area contributed by atoms with Crippen molar-refractivity contribution in [3.05, 3.63) is 74.3 Å². The fourth-order valence-corrected chi connectivity index (χ4v) is 4.59. The average Bonchev–Trinajstić information content (AvgIpc) is 3.45. The number of hydrogen-bond acceptors (Lipinski definition) is 9. The molecular weight excluding hydrogens is 450 g/mol. The molecule has 3 heterocycles. The molecule has 0 bridgehead atoms. The van der Waals surface area contributed by atoms with Crippen LogP contribution in [-0.2, 0) is 4.79 Å². The van der Waals surface area contributed by atoms with E-state index in [-0.39, 0.29) is 11.6 Å². The highest BCUT2D eigenvalue weighted by molar-refractivity contribution is 8.18. The molecular formula is C21H17N5O4S2. The molecule has 1 aliphatic heterocycles. The third kappa shape index (κ3) is 4.39. The van der Waals surface area contributed by atoms with Crippen LogP contribution in [0.5, 0.6) is 0 Å². The molecule has 0 unspecified atom stereocenters. The van der Waals surface area contributed by atoms with Crippen molar-refractivity contribution in [3.8, 4) is 11.3 Å². The minimum absolute atomic E-state index is 0.0381. The van der Waals surface area contributed by atoms with Gasteiger partial charge in [-0.1, -0.05) is 23.5 Å². The highest BCUT2D eigenvalue weighted by atomic mass is 32.2. The summed E-state index contributed by atoms with van der Waals surface area (Å²) in [5, 5.41) is 21.1. The lowest BCUT2D eigenvalue weighted by Gasteiger charge is -2.11. The van der Waals surface area contributed by atoms with Gasteiger partial charge in [0, 0.05) is 18.7 Å². The molecule has 162 valence electrons. The van der Waals surface area contributed by atoms with Crippen molar-refractivity contribution in [1.29, 1.82) is 0 Å². The number of nitro groups is 1. The summed E-state index contributed by atoms with van der Waals surface area (Å²) in [5.41, 5.74) is 1.11. The van der Waals surface area contributed by atoms with Gasteiger partial charge >= 0.3 is 0 Å². The van der Waals surface area contributed by atoms with Gasteiger partial charge in [-0.05, 0) is 49.4 Å². The zero-order valence-corrected chi connectivity index (χ0v) is 18.8. The number of aromatic nitrogens is 2. The van der Waals surface area contributed by atoms with Crippen LogP contribution in [0.4, 0.5) is 10.8 Å². The quantitative estimate of drug-likeness (QED) is 0.214. The first kappa shape index (κ1) is 21.7. The number of nitro benzene ring substituents is 1. The molecule has 9 nitrogen and oxygen atoms in total. The summed E-state index contributed by atoms with van der Waals surface area (Å²) in [6, 6.07) is 8.25. The maximum absolute atomic E-state index is 12.9. The SMILES string of the molecule is C=CCN1C(=O)/C(=C\c2ccc(-c3ccc(C)cc3[N+](=O)[O-])o2)S/C1=N/c1nnc(C)s1. The number of carbonyl (C=O) groups is 1. The molecule has 3 aromatic rings. The number of hydrogen-bond donors (Lipinski definition) is 0. The lowest BCUT2D eigenvalue weighted by molar-refractivity contribution is -0.384. The van der Waals surface area contributed by atoms with Crippen molar-refractivity contribution in [2.24, 2.45) is 4.99 Å². The highest BCUT2D eigenvalue weighted by Gasteiger charge is 2.33. The average molecular weight is 468 g/mol. The molecule has 1 fully saturated rings. The molecule has 11 heteroatoms. The number of aryl methyl sites for hydroxylation is 2. The van der Waals surface area contributed by atoms with Gasteiger partial charge in [0.05, 0.1) is 15.4 Å². The van der Waals surface area contributed by atoms with Crippen LogP contribution in [0.3, 0.4) is 0 Å². The summed E-state index contributed by atoms with van der Waals surface area (Å²) in [5.74, 6) is 0.506. The predicted molar refractivity (Wildman–Crippen MR) is 125 cm³/mol. The van der Waals surface area contributed by atoms with Gasteiger partial charge in [0.15, 0.2) is 5.17 Å². The fraction of sp³-hybridized carbons (Fsp3) is 0.143. The predicted octanol–water partition coefficient (Wildman–Crippen LogP) is 5.11. The van der Waals surface area contributed by atoms with Crippen LogP contribution in [0.15, 0.2) is 57.3 Å². The monoisotopic (exact) mass is 467 g/mol. The molecule has 1 saturated heterocycles. The second-order valence-electron chi connectivity index (χ2n) is 6.79. The Bertz CT molecular complexity index is 1290. The first-order chi connectivity index (χ1) is 15.4. The summed E-state index contributed by atoms with van der Waals surface area (Å²) >= 11 is 2.52. The van der Waals surface area contributed by atoms with Gasteiger partial charge in [-0.25, -0.2) is 0 Å². The molecule has 1 amide bonds. The van der Waals surface area contributed by atoms with Gasteiger partial charge < -0.3 is 4.42 Å².